The van der Waals surface area contributed by atoms with Crippen molar-refractivity contribution in [3.8, 4) is 11.5 Å². The van der Waals surface area contributed by atoms with Crippen molar-refractivity contribution in [1.82, 2.24) is 5.32 Å². The summed E-state index contributed by atoms with van der Waals surface area (Å²) in [6, 6.07) is 17.2. The minimum atomic E-state index is -0.452. The predicted octanol–water partition coefficient (Wildman–Crippen LogP) is 2.92. The van der Waals surface area contributed by atoms with Crippen LogP contribution in [0.2, 0.25) is 0 Å². The molecule has 0 fully saturated rings. The van der Waals surface area contributed by atoms with Gasteiger partial charge in [-0.25, -0.2) is 0 Å². The Morgan fingerprint density at radius 3 is 2.16 bits per heavy atom. The molecule has 0 aromatic heterocycles. The van der Waals surface area contributed by atoms with E-state index in [1.54, 1.807) is 6.07 Å². The summed E-state index contributed by atoms with van der Waals surface area (Å²) in [7, 11) is 0. The Bertz CT molecular complexity index is 657. The maximum Gasteiger partial charge on any atom is 0.258 e. The molecule has 0 unspecified atom stereocenters. The Labute approximate surface area is 154 Å². The van der Waals surface area contributed by atoms with Crippen LogP contribution in [0.1, 0.15) is 19.4 Å². The van der Waals surface area contributed by atoms with Crippen molar-refractivity contribution in [3.05, 3.63) is 60.2 Å². The number of nitrogens with one attached hydrogen (secondary N) is 1. The van der Waals surface area contributed by atoms with Crippen molar-refractivity contribution in [3.63, 3.8) is 0 Å². The number of carbonyl (C=O) groups excluding carboxylic acids is 1. The summed E-state index contributed by atoms with van der Waals surface area (Å²) in [6.45, 7) is 4.44. The molecular weight excluding hydrogens is 340 g/mol. The van der Waals surface area contributed by atoms with Gasteiger partial charge in [0, 0.05) is 12.1 Å². The van der Waals surface area contributed by atoms with Crippen molar-refractivity contribution < 1.29 is 14.3 Å². The van der Waals surface area contributed by atoms with Gasteiger partial charge in [0.25, 0.3) is 5.91 Å². The molecule has 0 saturated heterocycles. The monoisotopic (exact) mass is 364 g/mol. The van der Waals surface area contributed by atoms with Crippen LogP contribution >= 0.6 is 12.4 Å². The van der Waals surface area contributed by atoms with Crippen LogP contribution < -0.4 is 20.5 Å². The summed E-state index contributed by atoms with van der Waals surface area (Å²) >= 11 is 0. The maximum absolute atomic E-state index is 11.8. The quantitative estimate of drug-likeness (QED) is 0.755. The Morgan fingerprint density at radius 1 is 1.00 bits per heavy atom. The summed E-state index contributed by atoms with van der Waals surface area (Å²) in [5.41, 5.74) is 6.45. The number of nitrogens with two attached hydrogens (primary N) is 1. The van der Waals surface area contributed by atoms with E-state index < -0.39 is 5.54 Å². The van der Waals surface area contributed by atoms with E-state index in [0.29, 0.717) is 24.7 Å². The molecule has 0 radical (unpaired) electrons. The molecule has 2 rings (SSSR count). The zero-order valence-electron chi connectivity index (χ0n) is 14.5. The lowest BCUT2D eigenvalue weighted by atomic mass is 10.1. The van der Waals surface area contributed by atoms with E-state index in [9.17, 15) is 4.79 Å². The number of rotatable bonds is 8. The maximum atomic E-state index is 11.8. The van der Waals surface area contributed by atoms with Gasteiger partial charge >= 0.3 is 0 Å². The van der Waals surface area contributed by atoms with E-state index in [1.807, 2.05) is 62.4 Å². The zero-order chi connectivity index (χ0) is 17.4. The molecule has 3 N–H and O–H groups in total. The third kappa shape index (κ3) is 7.92. The van der Waals surface area contributed by atoms with Crippen LogP contribution in [0.25, 0.3) is 0 Å². The van der Waals surface area contributed by atoms with Crippen LogP contribution in [-0.2, 0) is 11.4 Å². The predicted molar refractivity (Wildman–Crippen MR) is 101 cm³/mol. The fourth-order valence-corrected chi connectivity index (χ4v) is 1.94. The van der Waals surface area contributed by atoms with Gasteiger partial charge in [-0.1, -0.05) is 42.5 Å². The average molecular weight is 365 g/mol. The largest absolute Gasteiger partial charge is 0.485 e. The number of para-hydroxylation sites is 2. The van der Waals surface area contributed by atoms with Gasteiger partial charge < -0.3 is 20.5 Å². The summed E-state index contributed by atoms with van der Waals surface area (Å²) in [5.74, 6) is 0.926. The van der Waals surface area contributed by atoms with Crippen molar-refractivity contribution in [1.29, 1.82) is 0 Å². The first-order valence-electron chi connectivity index (χ1n) is 7.88. The van der Waals surface area contributed by atoms with Gasteiger partial charge in [0.05, 0.1) is 0 Å². The molecule has 0 saturated carbocycles. The van der Waals surface area contributed by atoms with E-state index in [0.717, 1.165) is 5.56 Å². The second-order valence-corrected chi connectivity index (χ2v) is 6.27. The van der Waals surface area contributed by atoms with Crippen molar-refractivity contribution in [2.24, 2.45) is 5.73 Å². The standard InChI is InChI=1S/C19H24N2O3.ClH/c1-19(2,20)14-21-18(22)13-24-17-11-7-6-10-16(17)23-12-15-8-4-3-5-9-15;/h3-11H,12-14,20H2,1-2H3,(H,21,22);1H. The minimum absolute atomic E-state index is 0. The first-order chi connectivity index (χ1) is 11.4. The van der Waals surface area contributed by atoms with Gasteiger partial charge in [0.15, 0.2) is 18.1 Å². The average Bonchev–Trinajstić information content (AvgIpc) is 2.57. The van der Waals surface area contributed by atoms with E-state index in [1.165, 1.54) is 0 Å². The molecule has 0 heterocycles. The Morgan fingerprint density at radius 2 is 1.56 bits per heavy atom. The molecule has 0 aliphatic heterocycles. The van der Waals surface area contributed by atoms with Crippen LogP contribution in [0.3, 0.4) is 0 Å². The topological polar surface area (TPSA) is 73.6 Å². The third-order valence-corrected chi connectivity index (χ3v) is 3.19. The smallest absolute Gasteiger partial charge is 0.258 e. The fraction of sp³-hybridized carbons (Fsp3) is 0.316. The van der Waals surface area contributed by atoms with Gasteiger partial charge in [-0.3, -0.25) is 4.79 Å². The van der Waals surface area contributed by atoms with Gasteiger partial charge in [0.2, 0.25) is 0 Å². The number of carbonyl (C=O) groups is 1. The van der Waals surface area contributed by atoms with Crippen LogP contribution in [0.4, 0.5) is 0 Å². The summed E-state index contributed by atoms with van der Waals surface area (Å²) in [4.78, 5) is 11.8. The van der Waals surface area contributed by atoms with Gasteiger partial charge in [-0.2, -0.15) is 0 Å². The number of hydrogen-bond donors (Lipinski definition) is 2. The molecule has 0 aliphatic rings. The van der Waals surface area contributed by atoms with E-state index in [-0.39, 0.29) is 24.9 Å². The summed E-state index contributed by atoms with van der Waals surface area (Å²) in [6.07, 6.45) is 0. The number of ether oxygens (including phenoxy) is 2. The molecule has 25 heavy (non-hydrogen) atoms. The highest BCUT2D eigenvalue weighted by atomic mass is 35.5. The fourth-order valence-electron chi connectivity index (χ4n) is 1.94. The van der Waals surface area contributed by atoms with Crippen LogP contribution in [0.5, 0.6) is 11.5 Å². The van der Waals surface area contributed by atoms with Crippen molar-refractivity contribution in [2.45, 2.75) is 26.0 Å². The first kappa shape index (κ1) is 20.8. The van der Waals surface area contributed by atoms with Crippen molar-refractivity contribution in [2.75, 3.05) is 13.2 Å². The summed E-state index contributed by atoms with van der Waals surface area (Å²) < 4.78 is 11.4. The molecule has 0 atom stereocenters. The second-order valence-electron chi connectivity index (χ2n) is 6.27. The lowest BCUT2D eigenvalue weighted by Gasteiger charge is -2.19. The van der Waals surface area contributed by atoms with E-state index >= 15 is 0 Å². The molecule has 2 aromatic carbocycles. The molecule has 0 aliphatic carbocycles. The van der Waals surface area contributed by atoms with Crippen LogP contribution in [0.15, 0.2) is 54.6 Å². The second kappa shape index (κ2) is 9.91. The van der Waals surface area contributed by atoms with Crippen LogP contribution in [-0.4, -0.2) is 24.6 Å². The SMILES string of the molecule is CC(C)(N)CNC(=O)COc1ccccc1OCc1ccccc1.Cl. The minimum Gasteiger partial charge on any atom is -0.485 e. The van der Waals surface area contributed by atoms with E-state index in [4.69, 9.17) is 15.2 Å². The lowest BCUT2D eigenvalue weighted by molar-refractivity contribution is -0.123. The van der Waals surface area contributed by atoms with Crippen LogP contribution in [0, 0.1) is 0 Å². The normalized spacial score (nSPS) is 10.5. The molecular formula is C19H25ClN2O3. The van der Waals surface area contributed by atoms with E-state index in [2.05, 4.69) is 5.32 Å². The highest BCUT2D eigenvalue weighted by Gasteiger charge is 2.13. The van der Waals surface area contributed by atoms with Gasteiger partial charge in [-0.15, -0.1) is 12.4 Å². The third-order valence-electron chi connectivity index (χ3n) is 3.19. The number of amides is 1. The highest BCUT2D eigenvalue weighted by Crippen LogP contribution is 2.27. The molecule has 136 valence electrons. The van der Waals surface area contributed by atoms with Gasteiger partial charge in [-0.05, 0) is 31.5 Å². The summed E-state index contributed by atoms with van der Waals surface area (Å²) in [5, 5.41) is 2.74. The molecule has 5 nitrogen and oxygen atoms in total. The molecule has 2 aromatic rings. The number of benzene rings is 2. The Hall–Kier alpha value is -2.24. The highest BCUT2D eigenvalue weighted by molar-refractivity contribution is 5.85. The Balaban J connectivity index is 0.00000312. The molecule has 6 heteroatoms. The number of hydrogen-bond acceptors (Lipinski definition) is 4. The van der Waals surface area contributed by atoms with Crippen molar-refractivity contribution >= 4 is 18.3 Å². The molecule has 0 bridgehead atoms. The molecule has 1 amide bonds. The Kier molecular flexibility index (Phi) is 8.25. The number of halogens is 1. The first-order valence-corrected chi connectivity index (χ1v) is 7.88. The van der Waals surface area contributed by atoms with Gasteiger partial charge in [0.1, 0.15) is 6.61 Å². The lowest BCUT2D eigenvalue weighted by Crippen LogP contribution is -2.46. The zero-order valence-corrected chi connectivity index (χ0v) is 15.3. The molecule has 0 spiro atoms.